The van der Waals surface area contributed by atoms with E-state index >= 15 is 0 Å². The van der Waals surface area contributed by atoms with E-state index in [0.717, 1.165) is 6.07 Å². The molecule has 0 bridgehead atoms. The third-order valence-corrected chi connectivity index (χ3v) is 2.95. The first-order chi connectivity index (χ1) is 9.64. The molecule has 116 valence electrons. The highest BCUT2D eigenvalue weighted by Crippen LogP contribution is 2.30. The standard InChI is InChI=1S/C14H21N3O4/c1-14(2,3)7-9(8-15)13(19)16-11-5-4-10(18)6-12(11)17(20)21/h4-6,9,18H,7-8,15H2,1-3H3,(H,16,19). The molecule has 7 heteroatoms. The third kappa shape index (κ3) is 5.03. The first-order valence-corrected chi connectivity index (χ1v) is 6.62. The van der Waals surface area contributed by atoms with Gasteiger partial charge in [-0.2, -0.15) is 0 Å². The Labute approximate surface area is 123 Å². The van der Waals surface area contributed by atoms with Gasteiger partial charge in [0.15, 0.2) is 0 Å². The van der Waals surface area contributed by atoms with Crippen LogP contribution in [0.15, 0.2) is 18.2 Å². The molecule has 1 atom stereocenters. The monoisotopic (exact) mass is 295 g/mol. The number of aromatic hydroxyl groups is 1. The maximum absolute atomic E-state index is 12.2. The van der Waals surface area contributed by atoms with Crippen molar-refractivity contribution >= 4 is 17.3 Å². The van der Waals surface area contributed by atoms with Crippen molar-refractivity contribution in [3.63, 3.8) is 0 Å². The average molecular weight is 295 g/mol. The average Bonchev–Trinajstić information content (AvgIpc) is 2.36. The second-order valence-electron chi connectivity index (χ2n) is 6.15. The lowest BCUT2D eigenvalue weighted by Crippen LogP contribution is -2.32. The Morgan fingerprint density at radius 3 is 2.57 bits per heavy atom. The number of carbonyl (C=O) groups is 1. The van der Waals surface area contributed by atoms with Crippen LogP contribution in [-0.2, 0) is 4.79 Å². The zero-order valence-electron chi connectivity index (χ0n) is 12.4. The Kier molecular flexibility index (Phi) is 5.26. The van der Waals surface area contributed by atoms with Gasteiger partial charge in [-0.15, -0.1) is 0 Å². The summed E-state index contributed by atoms with van der Waals surface area (Å²) in [7, 11) is 0. The van der Waals surface area contributed by atoms with Crippen LogP contribution in [0.4, 0.5) is 11.4 Å². The highest BCUT2D eigenvalue weighted by molar-refractivity contribution is 5.95. The van der Waals surface area contributed by atoms with Gasteiger partial charge in [-0.05, 0) is 24.0 Å². The zero-order chi connectivity index (χ0) is 16.2. The molecule has 1 aromatic rings. The minimum Gasteiger partial charge on any atom is -0.508 e. The van der Waals surface area contributed by atoms with E-state index in [0.29, 0.717) is 6.42 Å². The molecule has 0 saturated carbocycles. The van der Waals surface area contributed by atoms with Gasteiger partial charge < -0.3 is 16.2 Å². The van der Waals surface area contributed by atoms with Crippen LogP contribution in [0.5, 0.6) is 5.75 Å². The van der Waals surface area contributed by atoms with Crippen LogP contribution in [0, 0.1) is 21.4 Å². The van der Waals surface area contributed by atoms with E-state index in [-0.39, 0.29) is 35.0 Å². The summed E-state index contributed by atoms with van der Waals surface area (Å²) >= 11 is 0. The molecule has 0 saturated heterocycles. The molecule has 0 fully saturated rings. The fourth-order valence-electron chi connectivity index (χ4n) is 2.03. The van der Waals surface area contributed by atoms with Crippen molar-refractivity contribution in [2.75, 3.05) is 11.9 Å². The van der Waals surface area contributed by atoms with E-state index in [9.17, 15) is 20.0 Å². The molecule has 21 heavy (non-hydrogen) atoms. The number of nitrogens with two attached hydrogens (primary N) is 1. The van der Waals surface area contributed by atoms with Gasteiger partial charge in [-0.1, -0.05) is 20.8 Å². The van der Waals surface area contributed by atoms with Crippen LogP contribution in [0.3, 0.4) is 0 Å². The minimum absolute atomic E-state index is 0.0511. The summed E-state index contributed by atoms with van der Waals surface area (Å²) in [5, 5.41) is 22.8. The fraction of sp³-hybridized carbons (Fsp3) is 0.500. The van der Waals surface area contributed by atoms with E-state index in [2.05, 4.69) is 5.32 Å². The summed E-state index contributed by atoms with van der Waals surface area (Å²) in [6.45, 7) is 6.14. The Hall–Kier alpha value is -2.15. The highest BCUT2D eigenvalue weighted by Gasteiger charge is 2.25. The highest BCUT2D eigenvalue weighted by atomic mass is 16.6. The smallest absolute Gasteiger partial charge is 0.296 e. The van der Waals surface area contributed by atoms with Gasteiger partial charge in [0.1, 0.15) is 11.4 Å². The molecule has 1 unspecified atom stereocenters. The molecule has 0 radical (unpaired) electrons. The minimum atomic E-state index is -0.656. The van der Waals surface area contributed by atoms with E-state index in [1.807, 2.05) is 20.8 Å². The topological polar surface area (TPSA) is 118 Å². The maximum Gasteiger partial charge on any atom is 0.296 e. The van der Waals surface area contributed by atoms with E-state index in [4.69, 9.17) is 5.73 Å². The lowest BCUT2D eigenvalue weighted by atomic mass is 9.84. The lowest BCUT2D eigenvalue weighted by Gasteiger charge is -2.24. The molecule has 0 spiro atoms. The van der Waals surface area contributed by atoms with Crippen molar-refractivity contribution < 1.29 is 14.8 Å². The molecule has 1 rings (SSSR count). The van der Waals surface area contributed by atoms with E-state index < -0.39 is 10.8 Å². The Morgan fingerprint density at radius 2 is 2.10 bits per heavy atom. The largest absolute Gasteiger partial charge is 0.508 e. The number of amides is 1. The Morgan fingerprint density at radius 1 is 1.48 bits per heavy atom. The van der Waals surface area contributed by atoms with E-state index in [1.54, 1.807) is 0 Å². The fourth-order valence-corrected chi connectivity index (χ4v) is 2.03. The molecule has 7 nitrogen and oxygen atoms in total. The number of nitrogens with one attached hydrogen (secondary N) is 1. The number of hydrogen-bond acceptors (Lipinski definition) is 5. The third-order valence-electron chi connectivity index (χ3n) is 2.95. The van der Waals surface area contributed by atoms with Crippen molar-refractivity contribution in [3.8, 4) is 5.75 Å². The molecule has 4 N–H and O–H groups in total. The van der Waals surface area contributed by atoms with Gasteiger partial charge in [-0.25, -0.2) is 0 Å². The van der Waals surface area contributed by atoms with Crippen molar-refractivity contribution in [3.05, 3.63) is 28.3 Å². The number of nitro benzene ring substituents is 1. The molecule has 1 aromatic carbocycles. The normalized spacial score (nSPS) is 12.8. The molecule has 1 amide bonds. The summed E-state index contributed by atoms with van der Waals surface area (Å²) in [4.78, 5) is 22.5. The summed E-state index contributed by atoms with van der Waals surface area (Å²) in [5.41, 5.74) is 5.24. The van der Waals surface area contributed by atoms with Gasteiger partial charge in [-0.3, -0.25) is 14.9 Å². The van der Waals surface area contributed by atoms with Crippen LogP contribution < -0.4 is 11.1 Å². The number of rotatable bonds is 5. The number of anilines is 1. The number of nitro groups is 1. The number of hydrogen-bond donors (Lipinski definition) is 3. The lowest BCUT2D eigenvalue weighted by molar-refractivity contribution is -0.384. The Balaban J connectivity index is 2.94. The molecule has 0 aromatic heterocycles. The van der Waals surface area contributed by atoms with Gasteiger partial charge in [0, 0.05) is 6.54 Å². The van der Waals surface area contributed by atoms with Crippen molar-refractivity contribution in [2.45, 2.75) is 27.2 Å². The summed E-state index contributed by atoms with van der Waals surface area (Å²) in [6, 6.07) is 3.58. The Bertz CT molecular complexity index is 538. The van der Waals surface area contributed by atoms with Crippen LogP contribution >= 0.6 is 0 Å². The van der Waals surface area contributed by atoms with Gasteiger partial charge in [0.05, 0.1) is 16.9 Å². The van der Waals surface area contributed by atoms with Gasteiger partial charge in [0.25, 0.3) is 5.69 Å². The predicted molar refractivity (Wildman–Crippen MR) is 80.0 cm³/mol. The molecular weight excluding hydrogens is 274 g/mol. The van der Waals surface area contributed by atoms with Gasteiger partial charge in [0.2, 0.25) is 5.91 Å². The molecule has 0 aliphatic rings. The predicted octanol–water partition coefficient (Wildman–Crippen LogP) is 2.25. The number of nitrogens with zero attached hydrogens (tertiary/aromatic N) is 1. The molecule has 0 aliphatic carbocycles. The SMILES string of the molecule is CC(C)(C)CC(CN)C(=O)Nc1ccc(O)cc1[N+](=O)[O-]. The number of benzene rings is 1. The molecular formula is C14H21N3O4. The number of phenols is 1. The quantitative estimate of drug-likeness (QED) is 0.437. The first kappa shape index (κ1) is 16.9. The summed E-state index contributed by atoms with van der Waals surface area (Å²) in [6.07, 6.45) is 0.571. The summed E-state index contributed by atoms with van der Waals surface area (Å²) in [5.74, 6) is -1.02. The number of carbonyl (C=O) groups excluding carboxylic acids is 1. The van der Waals surface area contributed by atoms with Crippen LogP contribution in [0.25, 0.3) is 0 Å². The second kappa shape index (κ2) is 6.53. The van der Waals surface area contributed by atoms with Crippen LogP contribution in [0.2, 0.25) is 0 Å². The molecule has 0 heterocycles. The van der Waals surface area contributed by atoms with E-state index in [1.165, 1.54) is 12.1 Å². The first-order valence-electron chi connectivity index (χ1n) is 6.62. The summed E-state index contributed by atoms with van der Waals surface area (Å²) < 4.78 is 0. The number of phenolic OH excluding ortho intramolecular Hbond substituents is 1. The zero-order valence-corrected chi connectivity index (χ0v) is 12.4. The van der Waals surface area contributed by atoms with Gasteiger partial charge >= 0.3 is 0 Å². The second-order valence-corrected chi connectivity index (χ2v) is 6.15. The van der Waals surface area contributed by atoms with Crippen molar-refractivity contribution in [2.24, 2.45) is 17.1 Å². The molecule has 0 aliphatic heterocycles. The van der Waals surface area contributed by atoms with Crippen molar-refractivity contribution in [1.82, 2.24) is 0 Å². The van der Waals surface area contributed by atoms with Crippen molar-refractivity contribution in [1.29, 1.82) is 0 Å². The van der Waals surface area contributed by atoms with Crippen LogP contribution in [0.1, 0.15) is 27.2 Å². The van der Waals surface area contributed by atoms with Crippen LogP contribution in [-0.4, -0.2) is 22.5 Å². The maximum atomic E-state index is 12.2.